The van der Waals surface area contributed by atoms with Crippen molar-refractivity contribution in [3.63, 3.8) is 0 Å². The van der Waals surface area contributed by atoms with Gasteiger partial charge in [0.05, 0.1) is 9.85 Å². The molecular weight excluding hydrogens is 180 g/mol. The average Bonchev–Trinajstić information content (AvgIpc) is 2.04. The van der Waals surface area contributed by atoms with Crippen LogP contribution in [0.3, 0.4) is 0 Å². The first kappa shape index (κ1) is 9.85. The average molecular weight is 190 g/mol. The van der Waals surface area contributed by atoms with Crippen LogP contribution in [0.25, 0.3) is 0 Å². The van der Waals surface area contributed by atoms with Crippen LogP contribution in [0.15, 0.2) is 0 Å². The lowest BCUT2D eigenvalue weighted by molar-refractivity contribution is -0.752. The Labute approximate surface area is 74.0 Å². The van der Waals surface area contributed by atoms with E-state index < -0.39 is 22.1 Å². The minimum absolute atomic E-state index is 0.378. The Kier molecular flexibility index (Phi) is 3.13. The van der Waals surface area contributed by atoms with E-state index in [0.29, 0.717) is 13.0 Å². The lowest BCUT2D eigenvalue weighted by Gasteiger charge is -2.20. The molecule has 0 aromatic rings. The summed E-state index contributed by atoms with van der Waals surface area (Å²) in [6, 6.07) is 0. The highest BCUT2D eigenvalue weighted by Crippen LogP contribution is 2.17. The molecule has 0 aromatic heterocycles. The van der Waals surface area contributed by atoms with Crippen LogP contribution in [-0.2, 0) is 4.74 Å². The summed E-state index contributed by atoms with van der Waals surface area (Å²) in [5.41, 5.74) is 0. The van der Waals surface area contributed by atoms with Gasteiger partial charge in [0.2, 0.25) is 0 Å². The second-order valence-electron chi connectivity index (χ2n) is 2.89. The SMILES string of the molecule is O=[N+]([O-])C(C1CCCCO1)[N+](=O)[O-]. The molecule has 0 saturated carbocycles. The molecule has 1 unspecified atom stereocenters. The van der Waals surface area contributed by atoms with Crippen LogP contribution in [-0.4, -0.2) is 28.7 Å². The van der Waals surface area contributed by atoms with Crippen LogP contribution in [0.5, 0.6) is 0 Å². The predicted octanol–water partition coefficient (Wildman–Crippen LogP) is 0.435. The highest BCUT2D eigenvalue weighted by Gasteiger charge is 2.43. The summed E-state index contributed by atoms with van der Waals surface area (Å²) in [7, 11) is 0. The highest BCUT2D eigenvalue weighted by atomic mass is 16.7. The lowest BCUT2D eigenvalue weighted by atomic mass is 10.1. The van der Waals surface area contributed by atoms with Crippen LogP contribution >= 0.6 is 0 Å². The van der Waals surface area contributed by atoms with Crippen LogP contribution in [0, 0.1) is 20.2 Å². The Bertz CT molecular complexity index is 199. The Morgan fingerprint density at radius 1 is 1.23 bits per heavy atom. The molecule has 13 heavy (non-hydrogen) atoms. The lowest BCUT2D eigenvalue weighted by Crippen LogP contribution is -2.43. The van der Waals surface area contributed by atoms with Crippen LogP contribution in [0.4, 0.5) is 0 Å². The van der Waals surface area contributed by atoms with Gasteiger partial charge in [-0.05, 0) is 19.3 Å². The van der Waals surface area contributed by atoms with Gasteiger partial charge in [0.15, 0.2) is 6.10 Å². The van der Waals surface area contributed by atoms with E-state index in [4.69, 9.17) is 4.74 Å². The number of rotatable bonds is 3. The van der Waals surface area contributed by atoms with Gasteiger partial charge in [-0.2, -0.15) is 0 Å². The third kappa shape index (κ3) is 2.35. The zero-order chi connectivity index (χ0) is 9.84. The molecule has 1 aliphatic heterocycles. The van der Waals surface area contributed by atoms with Crippen molar-refractivity contribution in [1.82, 2.24) is 0 Å². The molecule has 0 N–H and O–H groups in total. The number of hydrogen-bond acceptors (Lipinski definition) is 5. The topological polar surface area (TPSA) is 95.5 Å². The zero-order valence-electron chi connectivity index (χ0n) is 6.92. The fourth-order valence-electron chi connectivity index (χ4n) is 1.35. The number of nitrogens with zero attached hydrogens (tertiary/aromatic N) is 2. The van der Waals surface area contributed by atoms with Crippen molar-refractivity contribution in [2.45, 2.75) is 31.5 Å². The maximum absolute atomic E-state index is 10.3. The summed E-state index contributed by atoms with van der Waals surface area (Å²) in [6.07, 6.45) is -0.701. The summed E-state index contributed by atoms with van der Waals surface area (Å²) < 4.78 is 4.98. The summed E-state index contributed by atoms with van der Waals surface area (Å²) >= 11 is 0. The molecule has 0 bridgehead atoms. The van der Waals surface area contributed by atoms with Gasteiger partial charge < -0.3 is 4.74 Å². The fraction of sp³-hybridized carbons (Fsp3) is 1.00. The molecule has 74 valence electrons. The summed E-state index contributed by atoms with van der Waals surface area (Å²) in [4.78, 5) is 18.9. The third-order valence-corrected chi connectivity index (χ3v) is 1.98. The smallest absolute Gasteiger partial charge is 0.364 e. The maximum Gasteiger partial charge on any atom is 0.475 e. The van der Waals surface area contributed by atoms with Crippen LogP contribution in [0.1, 0.15) is 19.3 Å². The third-order valence-electron chi connectivity index (χ3n) is 1.98. The maximum atomic E-state index is 10.3. The minimum Gasteiger partial charge on any atom is -0.364 e. The van der Waals surface area contributed by atoms with Crippen molar-refractivity contribution in [2.75, 3.05) is 6.61 Å². The van der Waals surface area contributed by atoms with Crippen molar-refractivity contribution in [1.29, 1.82) is 0 Å². The van der Waals surface area contributed by atoms with Gasteiger partial charge in [0.25, 0.3) is 0 Å². The van der Waals surface area contributed by atoms with Gasteiger partial charge in [0, 0.05) is 6.61 Å². The molecule has 7 heteroatoms. The Hall–Kier alpha value is -1.24. The van der Waals surface area contributed by atoms with Crippen LogP contribution in [0.2, 0.25) is 0 Å². The van der Waals surface area contributed by atoms with Gasteiger partial charge in [0.1, 0.15) is 0 Å². The molecule has 0 spiro atoms. The molecular formula is C6H10N2O5. The quantitative estimate of drug-likeness (QED) is 0.365. The van der Waals surface area contributed by atoms with Gasteiger partial charge in [-0.1, -0.05) is 0 Å². The van der Waals surface area contributed by atoms with Gasteiger partial charge in [-0.15, -0.1) is 0 Å². The van der Waals surface area contributed by atoms with Crippen molar-refractivity contribution >= 4 is 0 Å². The van der Waals surface area contributed by atoms with E-state index in [1.54, 1.807) is 0 Å². The second kappa shape index (κ2) is 4.13. The number of hydrogen-bond donors (Lipinski definition) is 0. The van der Waals surface area contributed by atoms with E-state index in [9.17, 15) is 20.2 Å². The molecule has 1 fully saturated rings. The van der Waals surface area contributed by atoms with Crippen molar-refractivity contribution in [3.05, 3.63) is 20.2 Å². The summed E-state index contributed by atoms with van der Waals surface area (Å²) in [6.45, 7) is 0.378. The van der Waals surface area contributed by atoms with E-state index in [2.05, 4.69) is 0 Å². The molecule has 1 heterocycles. The largest absolute Gasteiger partial charge is 0.475 e. The van der Waals surface area contributed by atoms with Gasteiger partial charge >= 0.3 is 6.17 Å². The predicted molar refractivity (Wildman–Crippen MR) is 41.4 cm³/mol. The van der Waals surface area contributed by atoms with E-state index in [0.717, 1.165) is 12.8 Å². The van der Waals surface area contributed by atoms with E-state index in [-0.39, 0.29) is 0 Å². The van der Waals surface area contributed by atoms with E-state index >= 15 is 0 Å². The standard InChI is InChI=1S/C6H10N2O5/c9-7(10)6(8(11)12)5-3-1-2-4-13-5/h5-6H,1-4H2. The molecule has 1 aliphatic rings. The van der Waals surface area contributed by atoms with Gasteiger partial charge in [-0.3, -0.25) is 20.2 Å². The number of ether oxygens (including phenoxy) is 1. The number of nitro groups is 2. The van der Waals surface area contributed by atoms with E-state index in [1.165, 1.54) is 0 Å². The molecule has 1 saturated heterocycles. The summed E-state index contributed by atoms with van der Waals surface area (Å²) in [5.74, 6) is 0. The van der Waals surface area contributed by atoms with Crippen molar-refractivity contribution in [3.8, 4) is 0 Å². The first-order valence-electron chi connectivity index (χ1n) is 4.01. The van der Waals surface area contributed by atoms with Gasteiger partial charge in [-0.25, -0.2) is 0 Å². The first-order chi connectivity index (χ1) is 6.13. The second-order valence-corrected chi connectivity index (χ2v) is 2.89. The van der Waals surface area contributed by atoms with E-state index in [1.807, 2.05) is 0 Å². The monoisotopic (exact) mass is 190 g/mol. The Balaban J connectivity index is 2.62. The summed E-state index contributed by atoms with van der Waals surface area (Å²) in [5, 5.41) is 20.6. The molecule has 0 aliphatic carbocycles. The normalized spacial score (nSPS) is 23.0. The molecule has 1 atom stereocenters. The Morgan fingerprint density at radius 3 is 2.23 bits per heavy atom. The van der Waals surface area contributed by atoms with Crippen molar-refractivity contribution < 1.29 is 14.6 Å². The molecule has 0 amide bonds. The highest BCUT2D eigenvalue weighted by molar-refractivity contribution is 4.65. The Morgan fingerprint density at radius 2 is 1.85 bits per heavy atom. The van der Waals surface area contributed by atoms with Crippen LogP contribution < -0.4 is 0 Å². The molecule has 1 rings (SSSR count). The minimum atomic E-state index is -1.81. The molecule has 7 nitrogen and oxygen atoms in total. The zero-order valence-corrected chi connectivity index (χ0v) is 6.92. The fourth-order valence-corrected chi connectivity index (χ4v) is 1.35. The molecule has 0 radical (unpaired) electrons. The molecule has 0 aromatic carbocycles. The van der Waals surface area contributed by atoms with Crippen molar-refractivity contribution in [2.24, 2.45) is 0 Å². The first-order valence-corrected chi connectivity index (χ1v) is 4.01.